The van der Waals surface area contributed by atoms with E-state index in [1.165, 1.54) is 0 Å². The molecular formula is C5H7N3. The Hall–Kier alpha value is -1.06. The van der Waals surface area contributed by atoms with Gasteiger partial charge in [-0.15, -0.1) is 0 Å². The van der Waals surface area contributed by atoms with Crippen LogP contribution in [0.3, 0.4) is 0 Å². The van der Waals surface area contributed by atoms with Crippen molar-refractivity contribution in [1.82, 2.24) is 0 Å². The van der Waals surface area contributed by atoms with E-state index in [4.69, 9.17) is 16.3 Å². The van der Waals surface area contributed by atoms with E-state index < -0.39 is 6.04 Å². The highest BCUT2D eigenvalue weighted by molar-refractivity contribution is 4.99. The standard InChI is InChI=1S/C5H7N3/c1-4(2-6)5(8)3-7/h4-5H,8H2,1H3/t4-,5+/m1/s1. The lowest BCUT2D eigenvalue weighted by Crippen LogP contribution is -2.24. The zero-order valence-electron chi connectivity index (χ0n) is 4.63. The molecule has 0 bridgehead atoms. The van der Waals surface area contributed by atoms with Crippen LogP contribution in [0.2, 0.25) is 0 Å². The minimum absolute atomic E-state index is 0.361. The predicted octanol–water partition coefficient (Wildman–Crippen LogP) is -0.00304. The zero-order valence-corrected chi connectivity index (χ0v) is 4.63. The second-order valence-electron chi connectivity index (χ2n) is 1.57. The zero-order chi connectivity index (χ0) is 6.57. The fraction of sp³-hybridized carbons (Fsp3) is 0.600. The number of rotatable bonds is 1. The summed E-state index contributed by atoms with van der Waals surface area (Å²) in [4.78, 5) is 0. The van der Waals surface area contributed by atoms with Gasteiger partial charge in [0.2, 0.25) is 0 Å². The topological polar surface area (TPSA) is 73.6 Å². The van der Waals surface area contributed by atoms with E-state index in [9.17, 15) is 0 Å². The summed E-state index contributed by atoms with van der Waals surface area (Å²) in [7, 11) is 0. The highest BCUT2D eigenvalue weighted by atomic mass is 14.6. The van der Waals surface area contributed by atoms with E-state index in [1.54, 1.807) is 13.0 Å². The summed E-state index contributed by atoms with van der Waals surface area (Å²) in [5, 5.41) is 16.3. The van der Waals surface area contributed by atoms with E-state index in [-0.39, 0.29) is 5.92 Å². The second-order valence-corrected chi connectivity index (χ2v) is 1.57. The van der Waals surface area contributed by atoms with Gasteiger partial charge in [-0.05, 0) is 6.92 Å². The third-order valence-electron chi connectivity index (χ3n) is 0.891. The number of nitriles is 2. The Balaban J connectivity index is 3.72. The van der Waals surface area contributed by atoms with Gasteiger partial charge in [0.25, 0.3) is 0 Å². The minimum Gasteiger partial charge on any atom is -0.315 e. The Labute approximate surface area is 48.3 Å². The van der Waals surface area contributed by atoms with Gasteiger partial charge in [-0.25, -0.2) is 0 Å². The Bertz CT molecular complexity index is 121. The molecule has 0 aliphatic rings. The molecule has 0 unspecified atom stereocenters. The van der Waals surface area contributed by atoms with Gasteiger partial charge in [0.1, 0.15) is 6.04 Å². The van der Waals surface area contributed by atoms with Crippen molar-refractivity contribution in [2.45, 2.75) is 13.0 Å². The maximum Gasteiger partial charge on any atom is 0.108 e. The van der Waals surface area contributed by atoms with Gasteiger partial charge >= 0.3 is 0 Å². The van der Waals surface area contributed by atoms with Crippen LogP contribution in [0.25, 0.3) is 0 Å². The first-order valence-electron chi connectivity index (χ1n) is 2.27. The molecule has 0 aliphatic carbocycles. The number of nitrogens with zero attached hydrogens (tertiary/aromatic N) is 2. The summed E-state index contributed by atoms with van der Waals surface area (Å²) in [6, 6.07) is 3.00. The van der Waals surface area contributed by atoms with Gasteiger partial charge in [-0.1, -0.05) is 0 Å². The fourth-order valence-corrected chi connectivity index (χ4v) is 0.192. The van der Waals surface area contributed by atoms with Crippen molar-refractivity contribution in [1.29, 1.82) is 10.5 Å². The molecule has 3 heteroatoms. The average Bonchev–Trinajstić information content (AvgIpc) is 1.84. The van der Waals surface area contributed by atoms with Crippen molar-refractivity contribution in [2.75, 3.05) is 0 Å². The van der Waals surface area contributed by atoms with Gasteiger partial charge in [0, 0.05) is 0 Å². The summed E-state index contributed by atoms with van der Waals surface area (Å²) >= 11 is 0. The SMILES string of the molecule is C[C@H](C#N)[C@@H](N)C#N. The van der Waals surface area contributed by atoms with Crippen LogP contribution in [0.1, 0.15) is 6.92 Å². The van der Waals surface area contributed by atoms with Crippen LogP contribution >= 0.6 is 0 Å². The molecule has 0 radical (unpaired) electrons. The summed E-state index contributed by atoms with van der Waals surface area (Å²) in [5.41, 5.74) is 5.14. The molecule has 2 atom stereocenters. The predicted molar refractivity (Wildman–Crippen MR) is 28.4 cm³/mol. The first-order chi connectivity index (χ1) is 3.72. The van der Waals surface area contributed by atoms with E-state index in [2.05, 4.69) is 0 Å². The number of hydrogen-bond acceptors (Lipinski definition) is 3. The van der Waals surface area contributed by atoms with Crippen LogP contribution < -0.4 is 5.73 Å². The van der Waals surface area contributed by atoms with E-state index in [0.29, 0.717) is 0 Å². The lowest BCUT2D eigenvalue weighted by molar-refractivity contribution is 0.654. The highest BCUT2D eigenvalue weighted by Crippen LogP contribution is 1.94. The lowest BCUT2D eigenvalue weighted by atomic mass is 10.1. The average molecular weight is 109 g/mol. The molecule has 0 heterocycles. The monoisotopic (exact) mass is 109 g/mol. The molecule has 0 aromatic rings. The second kappa shape index (κ2) is 3.01. The smallest absolute Gasteiger partial charge is 0.108 e. The van der Waals surface area contributed by atoms with Crippen molar-refractivity contribution in [2.24, 2.45) is 11.7 Å². The quantitative estimate of drug-likeness (QED) is 0.515. The van der Waals surface area contributed by atoms with Crippen LogP contribution in [0.15, 0.2) is 0 Å². The summed E-state index contributed by atoms with van der Waals surface area (Å²) in [5.74, 6) is -0.361. The summed E-state index contributed by atoms with van der Waals surface area (Å²) in [6.45, 7) is 1.62. The molecule has 0 fully saturated rings. The summed E-state index contributed by atoms with van der Waals surface area (Å²) < 4.78 is 0. The van der Waals surface area contributed by atoms with Crippen molar-refractivity contribution in [3.8, 4) is 12.1 Å². The molecule has 0 saturated heterocycles. The van der Waals surface area contributed by atoms with Gasteiger partial charge in [0.05, 0.1) is 18.1 Å². The van der Waals surface area contributed by atoms with Crippen LogP contribution in [-0.2, 0) is 0 Å². The first kappa shape index (κ1) is 6.94. The molecule has 42 valence electrons. The molecule has 0 rings (SSSR count). The molecule has 8 heavy (non-hydrogen) atoms. The van der Waals surface area contributed by atoms with Gasteiger partial charge < -0.3 is 5.73 Å². The number of nitrogens with two attached hydrogens (primary N) is 1. The maximum absolute atomic E-state index is 8.16. The third kappa shape index (κ3) is 1.59. The molecule has 0 saturated carbocycles. The molecule has 0 spiro atoms. The Morgan fingerprint density at radius 3 is 2.00 bits per heavy atom. The molecular weight excluding hydrogens is 102 g/mol. The van der Waals surface area contributed by atoms with Crippen molar-refractivity contribution in [3.63, 3.8) is 0 Å². The minimum atomic E-state index is -0.639. The molecule has 0 aromatic heterocycles. The molecule has 0 aromatic carbocycles. The van der Waals surface area contributed by atoms with Gasteiger partial charge in [-0.2, -0.15) is 10.5 Å². The van der Waals surface area contributed by atoms with E-state index in [0.717, 1.165) is 0 Å². The highest BCUT2D eigenvalue weighted by Gasteiger charge is 2.08. The van der Waals surface area contributed by atoms with Gasteiger partial charge in [-0.3, -0.25) is 0 Å². The Kier molecular flexibility index (Phi) is 2.61. The molecule has 3 nitrogen and oxygen atoms in total. The van der Waals surface area contributed by atoms with Crippen molar-refractivity contribution in [3.05, 3.63) is 0 Å². The maximum atomic E-state index is 8.16. The lowest BCUT2D eigenvalue weighted by Gasteiger charge is -1.99. The largest absolute Gasteiger partial charge is 0.315 e. The summed E-state index contributed by atoms with van der Waals surface area (Å²) in [6.07, 6.45) is 0. The van der Waals surface area contributed by atoms with E-state index >= 15 is 0 Å². The van der Waals surface area contributed by atoms with Crippen LogP contribution in [-0.4, -0.2) is 6.04 Å². The first-order valence-corrected chi connectivity index (χ1v) is 2.27. The van der Waals surface area contributed by atoms with Crippen LogP contribution in [0, 0.1) is 28.6 Å². The van der Waals surface area contributed by atoms with Crippen LogP contribution in [0.5, 0.6) is 0 Å². The third-order valence-corrected chi connectivity index (χ3v) is 0.891. The van der Waals surface area contributed by atoms with Crippen molar-refractivity contribution >= 4 is 0 Å². The van der Waals surface area contributed by atoms with Crippen molar-refractivity contribution < 1.29 is 0 Å². The van der Waals surface area contributed by atoms with Crippen LogP contribution in [0.4, 0.5) is 0 Å². The van der Waals surface area contributed by atoms with Gasteiger partial charge in [0.15, 0.2) is 0 Å². The molecule has 0 aliphatic heterocycles. The fourth-order valence-electron chi connectivity index (χ4n) is 0.192. The van der Waals surface area contributed by atoms with E-state index in [1.807, 2.05) is 6.07 Å². The Morgan fingerprint density at radius 1 is 1.38 bits per heavy atom. The molecule has 0 amide bonds. The Morgan fingerprint density at radius 2 is 1.88 bits per heavy atom. The normalized spacial score (nSPS) is 15.5. The molecule has 2 N–H and O–H groups in total. The number of hydrogen-bond donors (Lipinski definition) is 1.